The van der Waals surface area contributed by atoms with E-state index in [1.807, 2.05) is 0 Å². The fraction of sp³-hybridized carbons (Fsp3) is 0.154. The number of rotatable bonds is 3. The summed E-state index contributed by atoms with van der Waals surface area (Å²) < 4.78 is 37.4. The van der Waals surface area contributed by atoms with Crippen LogP contribution >= 0.6 is 0 Å². The smallest absolute Gasteiger partial charge is 0.408 e. The van der Waals surface area contributed by atoms with Gasteiger partial charge in [0.1, 0.15) is 12.3 Å². The van der Waals surface area contributed by atoms with Crippen LogP contribution in [-0.4, -0.2) is 37.2 Å². The highest BCUT2D eigenvalue weighted by Crippen LogP contribution is 2.24. The van der Waals surface area contributed by atoms with E-state index in [0.717, 1.165) is 12.4 Å². The maximum absolute atomic E-state index is 12.3. The fourth-order valence-electron chi connectivity index (χ4n) is 2.03. The lowest BCUT2D eigenvalue weighted by Gasteiger charge is -2.05. The van der Waals surface area contributed by atoms with Crippen molar-refractivity contribution < 1.29 is 23.1 Å². The van der Waals surface area contributed by atoms with Crippen LogP contribution < -0.4 is 5.32 Å². The van der Waals surface area contributed by atoms with Gasteiger partial charge >= 0.3 is 6.18 Å². The minimum Gasteiger partial charge on any atom is -0.508 e. The number of hydrogen-bond acceptors (Lipinski definition) is 4. The van der Waals surface area contributed by atoms with E-state index in [9.17, 15) is 23.1 Å². The van der Waals surface area contributed by atoms with Crippen molar-refractivity contribution >= 4 is 22.6 Å². The van der Waals surface area contributed by atoms with E-state index >= 15 is 0 Å². The number of aromatic amines is 1. The molecule has 0 saturated carbocycles. The lowest BCUT2D eigenvalue weighted by atomic mass is 10.2. The molecular weight excluding hydrogens is 315 g/mol. The van der Waals surface area contributed by atoms with E-state index < -0.39 is 18.6 Å². The summed E-state index contributed by atoms with van der Waals surface area (Å²) in [5, 5.41) is 22.4. The number of aromatic nitrogens is 4. The largest absolute Gasteiger partial charge is 0.508 e. The van der Waals surface area contributed by atoms with Crippen LogP contribution in [0.2, 0.25) is 0 Å². The first-order valence-electron chi connectivity index (χ1n) is 6.39. The lowest BCUT2D eigenvalue weighted by molar-refractivity contribution is -0.142. The number of benzene rings is 1. The second kappa shape index (κ2) is 5.30. The Bertz CT molecular complexity index is 868. The summed E-state index contributed by atoms with van der Waals surface area (Å²) in [6.07, 6.45) is -2.37. The molecule has 10 heteroatoms. The minimum atomic E-state index is -4.42. The maximum atomic E-state index is 12.3. The third-order valence-electron chi connectivity index (χ3n) is 3.02. The van der Waals surface area contributed by atoms with Crippen LogP contribution in [-0.2, 0) is 6.54 Å². The van der Waals surface area contributed by atoms with Gasteiger partial charge in [-0.05, 0) is 12.1 Å². The SMILES string of the molecule is O=C(Nc1n[nH]c2cc(O)ccc12)c1cnn(CC(F)(F)F)c1. The number of carbonyl (C=O) groups excluding carboxylic acids is 1. The summed E-state index contributed by atoms with van der Waals surface area (Å²) in [4.78, 5) is 12.1. The van der Waals surface area contributed by atoms with Crippen LogP contribution in [0.25, 0.3) is 10.9 Å². The molecule has 0 saturated heterocycles. The van der Waals surface area contributed by atoms with Gasteiger partial charge < -0.3 is 10.4 Å². The van der Waals surface area contributed by atoms with E-state index in [4.69, 9.17) is 0 Å². The third kappa shape index (κ3) is 3.25. The second-order valence-corrected chi connectivity index (χ2v) is 4.80. The van der Waals surface area contributed by atoms with Gasteiger partial charge in [-0.2, -0.15) is 23.4 Å². The number of H-pyrrole nitrogens is 1. The Labute approximate surface area is 126 Å². The molecule has 3 aromatic rings. The monoisotopic (exact) mass is 325 g/mol. The Balaban J connectivity index is 1.78. The number of aromatic hydroxyl groups is 1. The fourth-order valence-corrected chi connectivity index (χ4v) is 2.03. The van der Waals surface area contributed by atoms with Gasteiger partial charge in [0.2, 0.25) is 0 Å². The molecule has 0 bridgehead atoms. The van der Waals surface area contributed by atoms with Gasteiger partial charge in [0, 0.05) is 17.6 Å². The first kappa shape index (κ1) is 14.9. The predicted molar refractivity (Wildman–Crippen MR) is 74.0 cm³/mol. The minimum absolute atomic E-state index is 0.0239. The molecule has 2 heterocycles. The Morgan fingerprint density at radius 1 is 1.39 bits per heavy atom. The normalized spacial score (nSPS) is 11.8. The molecule has 7 nitrogen and oxygen atoms in total. The summed E-state index contributed by atoms with van der Waals surface area (Å²) in [6.45, 7) is -1.27. The highest BCUT2D eigenvalue weighted by molar-refractivity contribution is 6.07. The van der Waals surface area contributed by atoms with Gasteiger partial charge in [-0.15, -0.1) is 0 Å². The van der Waals surface area contributed by atoms with Crippen molar-refractivity contribution in [1.29, 1.82) is 0 Å². The second-order valence-electron chi connectivity index (χ2n) is 4.80. The number of carbonyl (C=O) groups is 1. The number of phenolic OH excluding ortho intramolecular Hbond substituents is 1. The van der Waals surface area contributed by atoms with Gasteiger partial charge in [-0.1, -0.05) is 0 Å². The molecule has 1 amide bonds. The molecule has 2 aromatic heterocycles. The van der Waals surface area contributed by atoms with Crippen LogP contribution in [0.4, 0.5) is 19.0 Å². The molecule has 0 fully saturated rings. The molecule has 0 unspecified atom stereocenters. The standard InChI is InChI=1S/C13H10F3N5O2/c14-13(15,16)6-21-5-7(4-17-21)12(23)18-11-9-2-1-8(22)3-10(9)19-20-11/h1-5,22H,6H2,(H2,18,19,20,23). The zero-order chi connectivity index (χ0) is 16.6. The molecule has 0 radical (unpaired) electrons. The summed E-state index contributed by atoms with van der Waals surface area (Å²) in [5.41, 5.74) is 0.484. The van der Waals surface area contributed by atoms with Crippen molar-refractivity contribution in [2.45, 2.75) is 12.7 Å². The molecule has 3 N–H and O–H groups in total. The van der Waals surface area contributed by atoms with Crippen molar-refractivity contribution in [3.63, 3.8) is 0 Å². The van der Waals surface area contributed by atoms with Crippen molar-refractivity contribution in [3.05, 3.63) is 36.2 Å². The average Bonchev–Trinajstić information content (AvgIpc) is 3.04. The quantitative estimate of drug-likeness (QED) is 0.688. The Morgan fingerprint density at radius 3 is 2.91 bits per heavy atom. The molecular formula is C13H10F3N5O2. The summed E-state index contributed by atoms with van der Waals surface area (Å²) in [6, 6.07) is 4.41. The van der Waals surface area contributed by atoms with Crippen LogP contribution in [0.3, 0.4) is 0 Å². The van der Waals surface area contributed by atoms with Crippen molar-refractivity contribution in [1.82, 2.24) is 20.0 Å². The summed E-state index contributed by atoms with van der Waals surface area (Å²) >= 11 is 0. The van der Waals surface area contributed by atoms with Crippen molar-refractivity contribution in [3.8, 4) is 5.75 Å². The highest BCUT2D eigenvalue weighted by atomic mass is 19.4. The van der Waals surface area contributed by atoms with E-state index in [0.29, 0.717) is 15.6 Å². The van der Waals surface area contributed by atoms with Crippen LogP contribution in [0, 0.1) is 0 Å². The highest BCUT2D eigenvalue weighted by Gasteiger charge is 2.28. The number of nitrogens with zero attached hydrogens (tertiary/aromatic N) is 3. The number of anilines is 1. The van der Waals surface area contributed by atoms with Crippen LogP contribution in [0.1, 0.15) is 10.4 Å². The van der Waals surface area contributed by atoms with Gasteiger partial charge in [-0.25, -0.2) is 0 Å². The number of alkyl halides is 3. The predicted octanol–water partition coefficient (Wildman–Crippen LogP) is 2.28. The molecule has 0 aliphatic carbocycles. The number of amides is 1. The first-order valence-corrected chi connectivity index (χ1v) is 6.39. The number of phenols is 1. The van der Waals surface area contributed by atoms with Gasteiger partial charge in [0.25, 0.3) is 5.91 Å². The summed E-state index contributed by atoms with van der Waals surface area (Å²) in [5.74, 6) is -0.402. The van der Waals surface area contributed by atoms with Crippen molar-refractivity contribution in [2.24, 2.45) is 0 Å². The number of nitrogens with one attached hydrogen (secondary N) is 2. The molecule has 23 heavy (non-hydrogen) atoms. The molecule has 0 atom stereocenters. The number of hydrogen-bond donors (Lipinski definition) is 3. The van der Waals surface area contributed by atoms with E-state index in [1.165, 1.54) is 12.1 Å². The molecule has 0 spiro atoms. The van der Waals surface area contributed by atoms with E-state index in [2.05, 4.69) is 20.6 Å². The Kier molecular flexibility index (Phi) is 3.43. The van der Waals surface area contributed by atoms with Gasteiger partial charge in [0.05, 0.1) is 17.3 Å². The molecule has 120 valence electrons. The zero-order valence-electron chi connectivity index (χ0n) is 11.4. The molecule has 3 rings (SSSR count). The Morgan fingerprint density at radius 2 is 2.17 bits per heavy atom. The average molecular weight is 325 g/mol. The number of fused-ring (bicyclic) bond motifs is 1. The topological polar surface area (TPSA) is 95.8 Å². The van der Waals surface area contributed by atoms with E-state index in [1.54, 1.807) is 6.07 Å². The third-order valence-corrected chi connectivity index (χ3v) is 3.02. The first-order chi connectivity index (χ1) is 10.8. The molecule has 1 aromatic carbocycles. The summed E-state index contributed by atoms with van der Waals surface area (Å²) in [7, 11) is 0. The van der Waals surface area contributed by atoms with Crippen LogP contribution in [0.5, 0.6) is 5.75 Å². The Hall–Kier alpha value is -3.04. The number of halogens is 3. The van der Waals surface area contributed by atoms with Gasteiger partial charge in [0.15, 0.2) is 5.82 Å². The van der Waals surface area contributed by atoms with Gasteiger partial charge in [-0.3, -0.25) is 14.6 Å². The zero-order valence-corrected chi connectivity index (χ0v) is 11.4. The maximum Gasteiger partial charge on any atom is 0.408 e. The van der Waals surface area contributed by atoms with E-state index in [-0.39, 0.29) is 17.1 Å². The lowest BCUT2D eigenvalue weighted by Crippen LogP contribution is -2.18. The molecule has 0 aliphatic rings. The van der Waals surface area contributed by atoms with Crippen LogP contribution in [0.15, 0.2) is 30.6 Å². The molecule has 0 aliphatic heterocycles. The van der Waals surface area contributed by atoms with Crippen molar-refractivity contribution in [2.75, 3.05) is 5.32 Å².